The van der Waals surface area contributed by atoms with E-state index in [4.69, 9.17) is 9.47 Å². The highest BCUT2D eigenvalue weighted by Crippen LogP contribution is 2.63. The van der Waals surface area contributed by atoms with Crippen molar-refractivity contribution in [1.29, 1.82) is 0 Å². The van der Waals surface area contributed by atoms with E-state index in [9.17, 15) is 10.2 Å². The van der Waals surface area contributed by atoms with Crippen molar-refractivity contribution in [2.45, 2.75) is 70.2 Å². The van der Waals surface area contributed by atoms with Gasteiger partial charge < -0.3 is 19.7 Å². The molecule has 24 heavy (non-hydrogen) atoms. The molecule has 4 nitrogen and oxygen atoms in total. The third-order valence-corrected chi connectivity index (χ3v) is 7.06. The molecule has 0 unspecified atom stereocenters. The van der Waals surface area contributed by atoms with Crippen molar-refractivity contribution in [3.8, 4) is 11.5 Å². The number of ether oxygens (including phenoxy) is 2. The lowest BCUT2D eigenvalue weighted by Gasteiger charge is -2.49. The molecule has 2 fully saturated rings. The average Bonchev–Trinajstić information content (AvgIpc) is 2.99. The van der Waals surface area contributed by atoms with Crippen LogP contribution in [-0.2, 0) is 11.2 Å². The number of phenols is 1. The van der Waals surface area contributed by atoms with Crippen LogP contribution in [0.4, 0.5) is 0 Å². The van der Waals surface area contributed by atoms with E-state index in [1.54, 1.807) is 0 Å². The van der Waals surface area contributed by atoms with Crippen molar-refractivity contribution in [1.82, 2.24) is 0 Å². The molecule has 1 spiro atoms. The number of benzene rings is 1. The third kappa shape index (κ3) is 1.66. The van der Waals surface area contributed by atoms with E-state index in [1.807, 2.05) is 0 Å². The summed E-state index contributed by atoms with van der Waals surface area (Å²) in [6.45, 7) is 7.22. The van der Waals surface area contributed by atoms with Gasteiger partial charge in [-0.15, -0.1) is 0 Å². The molecular weight excluding hydrogens is 304 g/mol. The molecule has 4 heteroatoms. The second kappa shape index (κ2) is 4.47. The summed E-state index contributed by atoms with van der Waals surface area (Å²) in [4.78, 5) is 0. The van der Waals surface area contributed by atoms with Gasteiger partial charge in [0.15, 0.2) is 11.5 Å². The topological polar surface area (TPSA) is 58.9 Å². The third-order valence-electron chi connectivity index (χ3n) is 7.06. The highest BCUT2D eigenvalue weighted by Gasteiger charge is 2.64. The van der Waals surface area contributed by atoms with Crippen LogP contribution in [0, 0.1) is 11.3 Å². The van der Waals surface area contributed by atoms with Gasteiger partial charge in [-0.3, -0.25) is 0 Å². The average molecular weight is 330 g/mol. The summed E-state index contributed by atoms with van der Waals surface area (Å²) >= 11 is 0. The van der Waals surface area contributed by atoms with Crippen LogP contribution in [0.2, 0.25) is 0 Å². The number of rotatable bonds is 0. The van der Waals surface area contributed by atoms with Crippen LogP contribution < -0.4 is 4.74 Å². The molecule has 5 atom stereocenters. The number of hydrogen-bond acceptors (Lipinski definition) is 4. The molecular formula is C20H26O4. The fourth-order valence-corrected chi connectivity index (χ4v) is 6.04. The second-order valence-electron chi connectivity index (χ2n) is 9.01. The van der Waals surface area contributed by atoms with E-state index in [-0.39, 0.29) is 34.7 Å². The Balaban J connectivity index is 1.70. The predicted octanol–water partition coefficient (Wildman–Crippen LogP) is 3.44. The van der Waals surface area contributed by atoms with E-state index >= 15 is 0 Å². The van der Waals surface area contributed by atoms with Crippen LogP contribution in [0.5, 0.6) is 11.5 Å². The molecule has 2 N–H and O–H groups in total. The van der Waals surface area contributed by atoms with E-state index in [0.717, 1.165) is 36.0 Å². The number of aromatic hydroxyl groups is 1. The summed E-state index contributed by atoms with van der Waals surface area (Å²) in [5.74, 6) is 1.32. The highest BCUT2D eigenvalue weighted by atomic mass is 16.5. The minimum Gasteiger partial charge on any atom is -0.504 e. The van der Waals surface area contributed by atoms with Crippen molar-refractivity contribution in [3.63, 3.8) is 0 Å². The summed E-state index contributed by atoms with van der Waals surface area (Å²) in [5.41, 5.74) is 2.68. The summed E-state index contributed by atoms with van der Waals surface area (Å²) in [5, 5.41) is 22.0. The van der Waals surface area contributed by atoms with E-state index < -0.39 is 6.10 Å². The molecule has 0 aromatic heterocycles. The Hall–Kier alpha value is -1.26. The standard InChI is InChI=1S/C20H26O4/c1-10-9-23-16-11(10)7-12-13(14(16)21)8-20-6-4-5-19(2,3)18(20)15(22)17(12)24-20/h7,10,15,17-18,21-22H,4-6,8-9H2,1-3H3/t10-,15-,17+,18-,20-/m0/s1. The zero-order valence-corrected chi connectivity index (χ0v) is 14.6. The van der Waals surface area contributed by atoms with Crippen molar-refractivity contribution >= 4 is 0 Å². The predicted molar refractivity (Wildman–Crippen MR) is 89.4 cm³/mol. The maximum absolute atomic E-state index is 11.1. The Morgan fingerprint density at radius 1 is 1.21 bits per heavy atom. The van der Waals surface area contributed by atoms with Crippen molar-refractivity contribution in [2.75, 3.05) is 6.61 Å². The van der Waals surface area contributed by atoms with Gasteiger partial charge in [-0.2, -0.15) is 0 Å². The van der Waals surface area contributed by atoms with E-state index in [1.165, 1.54) is 0 Å². The minimum atomic E-state index is -0.503. The Morgan fingerprint density at radius 2 is 2.00 bits per heavy atom. The van der Waals surface area contributed by atoms with Crippen LogP contribution >= 0.6 is 0 Å². The molecule has 0 radical (unpaired) electrons. The Bertz CT molecular complexity index is 725. The van der Waals surface area contributed by atoms with Crippen LogP contribution in [-0.4, -0.2) is 28.5 Å². The molecule has 2 bridgehead atoms. The second-order valence-corrected chi connectivity index (χ2v) is 9.01. The maximum atomic E-state index is 11.1. The fourth-order valence-electron chi connectivity index (χ4n) is 6.04. The first-order valence-corrected chi connectivity index (χ1v) is 9.21. The molecule has 0 amide bonds. The maximum Gasteiger partial charge on any atom is 0.164 e. The molecule has 1 aromatic carbocycles. The molecule has 130 valence electrons. The largest absolute Gasteiger partial charge is 0.504 e. The smallest absolute Gasteiger partial charge is 0.164 e. The molecule has 1 saturated heterocycles. The van der Waals surface area contributed by atoms with Crippen LogP contribution in [0.15, 0.2) is 6.07 Å². The first-order valence-electron chi connectivity index (χ1n) is 9.21. The van der Waals surface area contributed by atoms with Crippen molar-refractivity contribution < 1.29 is 19.7 Å². The van der Waals surface area contributed by atoms with Crippen LogP contribution in [0.3, 0.4) is 0 Å². The Kier molecular flexibility index (Phi) is 2.80. The number of hydrogen-bond donors (Lipinski definition) is 2. The van der Waals surface area contributed by atoms with E-state index in [2.05, 4.69) is 26.8 Å². The molecule has 3 aliphatic heterocycles. The monoisotopic (exact) mass is 330 g/mol. The molecule has 4 aliphatic rings. The fraction of sp³-hybridized carbons (Fsp3) is 0.700. The number of phenolic OH excluding ortho intramolecular Hbond substituents is 1. The lowest BCUT2D eigenvalue weighted by Crippen LogP contribution is -2.51. The molecule has 3 heterocycles. The SMILES string of the molecule is C[C@H]1COc2c1cc1c(c2O)C[C@@]23CCCC(C)(C)[C@@H]2[C@@H](O)[C@@H]1O3. The molecule has 1 aliphatic carbocycles. The van der Waals surface area contributed by atoms with Gasteiger partial charge in [0.05, 0.1) is 18.3 Å². The van der Waals surface area contributed by atoms with Gasteiger partial charge >= 0.3 is 0 Å². The number of aliphatic hydroxyl groups excluding tert-OH is 1. The zero-order chi connectivity index (χ0) is 16.9. The summed E-state index contributed by atoms with van der Waals surface area (Å²) in [6.07, 6.45) is 3.04. The van der Waals surface area contributed by atoms with Gasteiger partial charge in [0.2, 0.25) is 0 Å². The lowest BCUT2D eigenvalue weighted by molar-refractivity contribution is -0.114. The van der Waals surface area contributed by atoms with Gasteiger partial charge in [0.25, 0.3) is 0 Å². The zero-order valence-electron chi connectivity index (χ0n) is 14.6. The van der Waals surface area contributed by atoms with Gasteiger partial charge in [-0.05, 0) is 29.9 Å². The molecule has 1 saturated carbocycles. The summed E-state index contributed by atoms with van der Waals surface area (Å²) in [7, 11) is 0. The number of aliphatic hydroxyl groups is 1. The lowest BCUT2D eigenvalue weighted by atomic mass is 9.59. The van der Waals surface area contributed by atoms with Gasteiger partial charge in [-0.1, -0.05) is 27.2 Å². The molecule has 5 rings (SSSR count). The van der Waals surface area contributed by atoms with E-state index in [0.29, 0.717) is 18.8 Å². The Labute approximate surface area is 142 Å². The number of fused-ring (bicyclic) bond motifs is 4. The van der Waals surface area contributed by atoms with Gasteiger partial charge in [-0.25, -0.2) is 0 Å². The Morgan fingerprint density at radius 3 is 2.79 bits per heavy atom. The first-order chi connectivity index (χ1) is 11.3. The van der Waals surface area contributed by atoms with Crippen LogP contribution in [0.25, 0.3) is 0 Å². The van der Waals surface area contributed by atoms with Gasteiger partial charge in [0.1, 0.15) is 6.10 Å². The molecule has 1 aromatic rings. The van der Waals surface area contributed by atoms with Crippen molar-refractivity contribution in [2.24, 2.45) is 11.3 Å². The minimum absolute atomic E-state index is 0.0522. The van der Waals surface area contributed by atoms with Gasteiger partial charge in [0, 0.05) is 29.4 Å². The summed E-state index contributed by atoms with van der Waals surface area (Å²) in [6, 6.07) is 2.12. The normalized spacial score (nSPS) is 41.3. The first kappa shape index (κ1) is 15.0. The van der Waals surface area contributed by atoms with Crippen molar-refractivity contribution in [3.05, 3.63) is 22.8 Å². The quantitative estimate of drug-likeness (QED) is 0.765. The summed E-state index contributed by atoms with van der Waals surface area (Å²) < 4.78 is 12.3. The van der Waals surface area contributed by atoms with Crippen LogP contribution in [0.1, 0.15) is 68.7 Å². The highest BCUT2D eigenvalue weighted by molar-refractivity contribution is 5.60.